The molecular weight excluding hydrogens is 394 g/mol. The Morgan fingerprint density at radius 2 is 1.61 bits per heavy atom. The highest BCUT2D eigenvalue weighted by Crippen LogP contribution is 2.24. The van der Waals surface area contributed by atoms with Gasteiger partial charge in [0.05, 0.1) is 7.11 Å². The highest BCUT2D eigenvalue weighted by Gasteiger charge is 2.24. The summed E-state index contributed by atoms with van der Waals surface area (Å²) in [5, 5.41) is 8.95. The van der Waals surface area contributed by atoms with Crippen molar-refractivity contribution < 1.29 is 14.3 Å². The van der Waals surface area contributed by atoms with Crippen molar-refractivity contribution in [2.75, 3.05) is 56.2 Å². The van der Waals surface area contributed by atoms with Crippen LogP contribution in [0.2, 0.25) is 0 Å². The molecule has 2 saturated heterocycles. The van der Waals surface area contributed by atoms with Crippen LogP contribution in [-0.2, 0) is 4.79 Å². The molecule has 2 aromatic rings. The zero-order chi connectivity index (χ0) is 21.6. The Bertz CT molecular complexity index is 851. The van der Waals surface area contributed by atoms with Crippen LogP contribution in [0.25, 0.3) is 0 Å². The molecule has 8 heteroatoms. The number of rotatable bonds is 6. The van der Waals surface area contributed by atoms with Crippen molar-refractivity contribution in [2.45, 2.75) is 32.2 Å². The maximum absolute atomic E-state index is 12.5. The average Bonchev–Trinajstić information content (AvgIpc) is 2.83. The van der Waals surface area contributed by atoms with E-state index in [1.165, 1.54) is 19.3 Å². The summed E-state index contributed by atoms with van der Waals surface area (Å²) >= 11 is 0. The van der Waals surface area contributed by atoms with Crippen LogP contribution in [0.1, 0.15) is 26.2 Å². The molecule has 8 nitrogen and oxygen atoms in total. The van der Waals surface area contributed by atoms with Crippen LogP contribution in [0.5, 0.6) is 11.5 Å². The highest BCUT2D eigenvalue weighted by atomic mass is 16.5. The third-order valence-electron chi connectivity index (χ3n) is 6.11. The van der Waals surface area contributed by atoms with Crippen molar-refractivity contribution in [1.82, 2.24) is 15.1 Å². The second-order valence-electron chi connectivity index (χ2n) is 8.12. The molecule has 1 unspecified atom stereocenters. The smallest absolute Gasteiger partial charge is 0.260 e. The van der Waals surface area contributed by atoms with E-state index in [-0.39, 0.29) is 12.5 Å². The third kappa shape index (κ3) is 5.18. The first kappa shape index (κ1) is 21.2. The summed E-state index contributed by atoms with van der Waals surface area (Å²) in [4.78, 5) is 18.9. The fourth-order valence-corrected chi connectivity index (χ4v) is 4.17. The molecule has 1 amide bonds. The predicted octanol–water partition coefficient (Wildman–Crippen LogP) is 2.59. The van der Waals surface area contributed by atoms with Crippen molar-refractivity contribution in [3.63, 3.8) is 0 Å². The molecule has 0 radical (unpaired) electrons. The number of ether oxygens (including phenoxy) is 2. The maximum atomic E-state index is 12.5. The lowest BCUT2D eigenvalue weighted by Gasteiger charge is -2.36. The molecule has 3 heterocycles. The van der Waals surface area contributed by atoms with Crippen molar-refractivity contribution >= 4 is 17.5 Å². The van der Waals surface area contributed by atoms with E-state index in [4.69, 9.17) is 9.47 Å². The molecule has 0 N–H and O–H groups in total. The molecule has 0 spiro atoms. The second-order valence-corrected chi connectivity index (χ2v) is 8.12. The molecule has 0 bridgehead atoms. The summed E-state index contributed by atoms with van der Waals surface area (Å²) in [5.74, 6) is 3.24. The first-order valence-electron chi connectivity index (χ1n) is 11.0. The van der Waals surface area contributed by atoms with Gasteiger partial charge in [-0.3, -0.25) is 4.79 Å². The van der Waals surface area contributed by atoms with E-state index in [0.29, 0.717) is 24.9 Å². The van der Waals surface area contributed by atoms with Crippen molar-refractivity contribution in [3.05, 3.63) is 36.4 Å². The zero-order valence-corrected chi connectivity index (χ0v) is 18.4. The number of amides is 1. The number of hydrogen-bond donors (Lipinski definition) is 0. The van der Waals surface area contributed by atoms with Crippen LogP contribution in [0.15, 0.2) is 36.4 Å². The molecule has 0 saturated carbocycles. The highest BCUT2D eigenvalue weighted by molar-refractivity contribution is 5.78. The summed E-state index contributed by atoms with van der Waals surface area (Å²) in [6.07, 6.45) is 3.71. The topological polar surface area (TPSA) is 71.0 Å². The second kappa shape index (κ2) is 9.85. The molecule has 2 fully saturated rings. The summed E-state index contributed by atoms with van der Waals surface area (Å²) < 4.78 is 10.8. The van der Waals surface area contributed by atoms with E-state index in [0.717, 1.165) is 37.0 Å². The molecule has 166 valence electrons. The lowest BCUT2D eigenvalue weighted by atomic mass is 10.0. The number of piperidine rings is 1. The van der Waals surface area contributed by atoms with Gasteiger partial charge in [0.15, 0.2) is 18.2 Å². The van der Waals surface area contributed by atoms with Crippen LogP contribution in [0, 0.1) is 0 Å². The first-order chi connectivity index (χ1) is 15.1. The van der Waals surface area contributed by atoms with Crippen LogP contribution in [0.4, 0.5) is 11.6 Å². The van der Waals surface area contributed by atoms with Gasteiger partial charge in [0.1, 0.15) is 11.5 Å². The van der Waals surface area contributed by atoms with Crippen molar-refractivity contribution in [1.29, 1.82) is 0 Å². The Labute approximate surface area is 183 Å². The Hall–Kier alpha value is -3.03. The summed E-state index contributed by atoms with van der Waals surface area (Å²) in [6, 6.07) is 11.9. The van der Waals surface area contributed by atoms with E-state index >= 15 is 0 Å². The van der Waals surface area contributed by atoms with Crippen molar-refractivity contribution in [2.24, 2.45) is 0 Å². The van der Waals surface area contributed by atoms with Crippen LogP contribution in [-0.4, -0.2) is 73.5 Å². The molecule has 1 aromatic heterocycles. The fraction of sp³-hybridized carbons (Fsp3) is 0.522. The van der Waals surface area contributed by atoms with Crippen molar-refractivity contribution in [3.8, 4) is 11.5 Å². The number of piperazine rings is 1. The molecule has 4 rings (SSSR count). The molecular formula is C23H31N5O3. The minimum absolute atomic E-state index is 0.00372. The number of carbonyl (C=O) groups excluding carboxylic acids is 1. The number of nitrogens with zero attached hydrogens (tertiary/aromatic N) is 5. The maximum Gasteiger partial charge on any atom is 0.260 e. The van der Waals surface area contributed by atoms with Gasteiger partial charge in [0.2, 0.25) is 0 Å². The van der Waals surface area contributed by atoms with Crippen LogP contribution < -0.4 is 19.3 Å². The Morgan fingerprint density at radius 1 is 0.935 bits per heavy atom. The molecule has 2 aliphatic rings. The first-order valence-corrected chi connectivity index (χ1v) is 11.0. The Kier molecular flexibility index (Phi) is 6.74. The third-order valence-corrected chi connectivity index (χ3v) is 6.11. The van der Waals surface area contributed by atoms with Gasteiger partial charge in [-0.25, -0.2) is 0 Å². The normalized spacial score (nSPS) is 19.3. The minimum atomic E-state index is -0.00372. The number of hydrogen-bond acceptors (Lipinski definition) is 7. The molecule has 1 aromatic carbocycles. The monoisotopic (exact) mass is 425 g/mol. The summed E-state index contributed by atoms with van der Waals surface area (Å²) in [7, 11) is 1.62. The Balaban J connectivity index is 1.25. The van der Waals surface area contributed by atoms with Crippen LogP contribution >= 0.6 is 0 Å². The fourth-order valence-electron chi connectivity index (χ4n) is 4.17. The lowest BCUT2D eigenvalue weighted by Crippen LogP contribution is -2.50. The SMILES string of the molecule is COc1ccc(OCC(=O)N2CCN(c3ccc(N4CCCCC4C)nn3)CC2)cc1. The lowest BCUT2D eigenvalue weighted by molar-refractivity contribution is -0.133. The van der Waals surface area contributed by atoms with Gasteiger partial charge in [0.25, 0.3) is 5.91 Å². The van der Waals surface area contributed by atoms with Gasteiger partial charge in [-0.05, 0) is 62.6 Å². The average molecular weight is 426 g/mol. The number of carbonyl (C=O) groups is 1. The molecule has 31 heavy (non-hydrogen) atoms. The summed E-state index contributed by atoms with van der Waals surface area (Å²) in [5.41, 5.74) is 0. The largest absolute Gasteiger partial charge is 0.497 e. The van der Waals surface area contributed by atoms with Gasteiger partial charge < -0.3 is 24.2 Å². The van der Waals surface area contributed by atoms with Crippen LogP contribution in [0.3, 0.4) is 0 Å². The van der Waals surface area contributed by atoms with E-state index in [1.54, 1.807) is 19.2 Å². The summed E-state index contributed by atoms with van der Waals surface area (Å²) in [6.45, 7) is 6.12. The number of methoxy groups -OCH3 is 1. The van der Waals surface area contributed by atoms with Gasteiger partial charge in [-0.15, -0.1) is 10.2 Å². The van der Waals surface area contributed by atoms with Gasteiger partial charge in [0, 0.05) is 38.8 Å². The molecule has 2 aliphatic heterocycles. The quantitative estimate of drug-likeness (QED) is 0.704. The molecule has 0 aliphatic carbocycles. The minimum Gasteiger partial charge on any atom is -0.497 e. The van der Waals surface area contributed by atoms with E-state index in [2.05, 4.69) is 33.0 Å². The van der Waals surface area contributed by atoms with Gasteiger partial charge in [-0.2, -0.15) is 0 Å². The van der Waals surface area contributed by atoms with E-state index in [9.17, 15) is 4.79 Å². The zero-order valence-electron chi connectivity index (χ0n) is 18.4. The van der Waals surface area contributed by atoms with Gasteiger partial charge >= 0.3 is 0 Å². The van der Waals surface area contributed by atoms with E-state index < -0.39 is 0 Å². The van der Waals surface area contributed by atoms with Gasteiger partial charge in [-0.1, -0.05) is 0 Å². The predicted molar refractivity (Wildman–Crippen MR) is 120 cm³/mol. The Morgan fingerprint density at radius 3 is 2.26 bits per heavy atom. The standard InChI is InChI=1S/C23H31N5O3/c1-18-5-3-4-12-28(18)22-11-10-21(24-25-22)26-13-15-27(16-14-26)23(29)17-31-20-8-6-19(30-2)7-9-20/h6-11,18H,3-5,12-17H2,1-2H3. The number of benzene rings is 1. The van der Waals surface area contributed by atoms with E-state index in [1.807, 2.05) is 23.1 Å². The number of aromatic nitrogens is 2. The number of anilines is 2. The molecule has 1 atom stereocenters.